The van der Waals surface area contributed by atoms with Crippen LogP contribution in [0, 0.1) is 19.3 Å². The average Bonchev–Trinajstić information content (AvgIpc) is 0.917. The summed E-state index contributed by atoms with van der Waals surface area (Å²) in [5.74, 6) is 2.53. The predicted molar refractivity (Wildman–Crippen MR) is 442 cm³/mol. The summed E-state index contributed by atoms with van der Waals surface area (Å²) in [4.78, 5) is 19.8. The van der Waals surface area contributed by atoms with Gasteiger partial charge in [0, 0.05) is 83.1 Å². The fourth-order valence-electron chi connectivity index (χ4n) is 9.39. The Morgan fingerprint density at radius 2 is 0.939 bits per heavy atom. The van der Waals surface area contributed by atoms with Crippen molar-refractivity contribution in [2.75, 3.05) is 27.0 Å². The number of pyridine rings is 1. The first-order valence-corrected chi connectivity index (χ1v) is 36.7. The Labute approximate surface area is 640 Å². The summed E-state index contributed by atoms with van der Waals surface area (Å²) < 4.78 is 23.2. The van der Waals surface area contributed by atoms with Gasteiger partial charge in [0.1, 0.15) is 0 Å². The second-order valence-corrected chi connectivity index (χ2v) is 29.4. The highest BCUT2D eigenvalue weighted by molar-refractivity contribution is 9.11. The third kappa shape index (κ3) is 27.6. The van der Waals surface area contributed by atoms with Crippen molar-refractivity contribution < 1.29 is 20.4 Å². The lowest BCUT2D eigenvalue weighted by Gasteiger charge is -2.11. The topological polar surface area (TPSA) is 71.8 Å². The Morgan fingerprint density at radius 3 is 1.38 bits per heavy atom. The molecule has 1 saturated heterocycles. The van der Waals surface area contributed by atoms with Gasteiger partial charge < -0.3 is 9.84 Å². The molecule has 12 aromatic carbocycles. The molecule has 2 heterocycles. The maximum Gasteiger partial charge on any atom is 0.266 e. The number of nitrogens with zero attached hydrogens (tertiary/aromatic N) is 2. The minimum Gasteiger partial charge on any atom is -0.397 e. The van der Waals surface area contributed by atoms with Crippen LogP contribution in [0.15, 0.2) is 278 Å². The van der Waals surface area contributed by atoms with Gasteiger partial charge in [0.05, 0.1) is 19.8 Å². The monoisotopic (exact) mass is 1700 g/mol. The molecule has 0 aliphatic carbocycles. The molecule has 506 valence electrons. The van der Waals surface area contributed by atoms with Gasteiger partial charge in [0.2, 0.25) is 0 Å². The highest BCUT2D eigenvalue weighted by atomic mass is 79.9. The van der Waals surface area contributed by atoms with Gasteiger partial charge in [-0.1, -0.05) is 293 Å². The molecule has 0 unspecified atom stereocenters. The number of aldehydes is 1. The highest BCUT2D eigenvalue weighted by Crippen LogP contribution is 2.33. The molecule has 1 fully saturated rings. The molecule has 1 N–H and O–H groups in total. The van der Waals surface area contributed by atoms with E-state index in [2.05, 4.69) is 287 Å². The third-order valence-electron chi connectivity index (χ3n) is 14.1. The summed E-state index contributed by atoms with van der Waals surface area (Å²) in [7, 11) is -1.00. The molecule has 98 heavy (non-hydrogen) atoms. The number of carbonyl (C=O) groups is 1. The first-order valence-electron chi connectivity index (χ1n) is 31.7. The van der Waals surface area contributed by atoms with Crippen LogP contribution in [0.3, 0.4) is 0 Å². The van der Waals surface area contributed by atoms with Gasteiger partial charge in [-0.2, -0.15) is 0 Å². The Hall–Kier alpha value is -6.34. The van der Waals surface area contributed by atoms with Gasteiger partial charge in [0.25, 0.3) is 3.25 Å². The number of aromatic nitrogens is 1. The Kier molecular flexibility index (Phi) is 36.2. The molecule has 1 aromatic heterocycles. The lowest BCUT2D eigenvalue weighted by Crippen LogP contribution is -2.09. The lowest BCUT2D eigenvalue weighted by atomic mass is 10.0. The fourth-order valence-corrected chi connectivity index (χ4v) is 12.5. The number of terminal acetylenes is 1. The van der Waals surface area contributed by atoms with Crippen molar-refractivity contribution in [2.45, 2.75) is 61.6 Å². The fraction of sp³-hybridized carbons (Fsp3) is 0.169. The molecule has 1 aliphatic heterocycles. The zero-order valence-corrected chi connectivity index (χ0v) is 65.8. The first-order chi connectivity index (χ1) is 47.6. The molecule has 5 nitrogen and oxygen atoms in total. The summed E-state index contributed by atoms with van der Waals surface area (Å²) in [5, 5.41) is 23.3. The number of hydrogen-bond acceptors (Lipinski definition) is 5. The quantitative estimate of drug-likeness (QED) is 0.0627. The number of alkyl halides is 6. The molecule has 13 aromatic rings. The third-order valence-corrected chi connectivity index (χ3v) is 18.5. The first kappa shape index (κ1) is 80.6. The van der Waals surface area contributed by atoms with Crippen LogP contribution in [0.2, 0.25) is 0 Å². The number of rotatable bonds is 4. The van der Waals surface area contributed by atoms with Crippen molar-refractivity contribution >= 4 is 203 Å². The van der Waals surface area contributed by atoms with Crippen molar-refractivity contribution in [1.82, 2.24) is 4.98 Å². The number of aryl methyl sites for hydroxylation is 1. The van der Waals surface area contributed by atoms with Crippen molar-refractivity contribution in [3.8, 4) is 23.6 Å². The van der Waals surface area contributed by atoms with Gasteiger partial charge in [-0.05, 0) is 206 Å². The van der Waals surface area contributed by atoms with E-state index in [-0.39, 0.29) is 12.1 Å². The van der Waals surface area contributed by atoms with E-state index in [1.54, 1.807) is 6.92 Å². The minimum atomic E-state index is -1.61. The summed E-state index contributed by atoms with van der Waals surface area (Å²) in [6, 6.07) is 84.5. The van der Waals surface area contributed by atoms with Crippen LogP contribution in [0.5, 0.6) is 0 Å². The summed E-state index contributed by atoms with van der Waals surface area (Å²) in [6.07, 6.45) is 12.4. The number of ether oxygens (including phenoxy) is 1. The van der Waals surface area contributed by atoms with Gasteiger partial charge in [-0.15, -0.1) is 6.42 Å². The van der Waals surface area contributed by atoms with E-state index in [9.17, 15) is 9.18 Å². The molecule has 15 heteroatoms. The number of fused-ring (bicyclic) bond motifs is 7. The molecule has 1 aliphatic rings. The van der Waals surface area contributed by atoms with Crippen LogP contribution in [-0.4, -0.2) is 58.4 Å². The largest absolute Gasteiger partial charge is 0.397 e. The minimum absolute atomic E-state index is 0.0366. The lowest BCUT2D eigenvalue weighted by molar-refractivity contribution is 0.112. The zero-order valence-electron chi connectivity index (χ0n) is 55.9. The summed E-state index contributed by atoms with van der Waals surface area (Å²) >= 11 is 37.0. The highest BCUT2D eigenvalue weighted by Gasteiger charge is 2.12. The molecular weight excluding hydrogens is 1630 g/mol. The summed E-state index contributed by atoms with van der Waals surface area (Å²) in [6.45, 7) is 12.3. The smallest absolute Gasteiger partial charge is 0.266 e. The molecule has 0 saturated carbocycles. The van der Waals surface area contributed by atoms with Gasteiger partial charge in [-0.25, -0.2) is 0 Å². The Balaban J connectivity index is 0.000000208. The molecule has 0 atom stereocenters. The maximum absolute atomic E-state index is 10.6. The van der Waals surface area contributed by atoms with Crippen LogP contribution >= 0.6 is 126 Å². The van der Waals surface area contributed by atoms with E-state index in [0.717, 1.165) is 66.9 Å². The molecule has 14 rings (SSSR count). The van der Waals surface area contributed by atoms with Gasteiger partial charge in [-0.3, -0.25) is 19.2 Å². The maximum atomic E-state index is 10.6. The number of benzene rings is 12. The second kappa shape index (κ2) is 44.0. The standard InChI is InChI=1S/C19H13N.C15H16BrN.C11H8Br2.C11H7BrO.C11H9Br.C8H6.C4H8O.C2H6O.CCl4.CH3F/c1-2-7-15(8-3-1)19-12-18-16(13-20-19)11-10-14-6-4-5-9-17(14)18;1-15(2,3)17-10-12-9-8-11-6-4-5-7-13(11)14(12)16;12-7-9-6-5-8-3-1-2-4-10(8)11(9)13;12-11-9(7-13)6-5-8-3-1-2-4-10(8)11;1-8-6-7-9-4-2-3-5-10(9)11(8)12;1-2-8-6-4-3-5-7-8;1-2-4-5-3-1;1-2-3;2-1(3,4)5;1-2/h1-13H;4-10H,1-3H3;1-6H,7H2;1-7H;2-7H,1H3;1,3-7H;1-4H2;3H,2H2,1H3;;1H3/i;;;;;;;;;1D. The number of carbonyl (C=O) groups excluding carboxylic acids is 1. The number of aliphatic imine (C=N–C) groups is 1. The Bertz CT molecular complexity index is 4670. The van der Waals surface area contributed by atoms with Crippen molar-refractivity contribution in [3.05, 3.63) is 301 Å². The number of halogens is 10. The zero-order chi connectivity index (χ0) is 72.2. The van der Waals surface area contributed by atoms with E-state index < -0.39 is 10.4 Å². The van der Waals surface area contributed by atoms with Crippen molar-refractivity contribution in [1.29, 1.82) is 0 Å². The second-order valence-electron chi connectivity index (χ2n) is 22.3. The summed E-state index contributed by atoms with van der Waals surface area (Å²) in [5.41, 5.74) is 7.47. The number of hydrogen-bond donors (Lipinski definition) is 1. The molecular formula is C83H76Br5Cl4FN2O3. The van der Waals surface area contributed by atoms with Crippen LogP contribution < -0.4 is 0 Å². The average molecular weight is 1710 g/mol. The molecule has 0 amide bonds. The normalized spacial score (nSPS) is 11.3. The van der Waals surface area contributed by atoms with Crippen LogP contribution in [0.25, 0.3) is 75.9 Å². The van der Waals surface area contributed by atoms with E-state index in [0.29, 0.717) is 5.56 Å². The SMILES string of the molecule is BrCc1ccc2ccccc2c1Br.C#Cc1ccccc1.C1CCOC1.CC(C)(C)N=Cc1ccc2ccccc2c1Br.CCO.Cc1ccc2ccccc2c1Br.ClC(Cl)(Cl)Cl.O=Cc1ccc2ccccc2c1Br.[2H]CF.c1ccc(-c2cc3c(ccc4ccccc43)cn2)cc1. The predicted octanol–water partition coefficient (Wildman–Crippen LogP) is 27.3. The van der Waals surface area contributed by atoms with Crippen LogP contribution in [0.4, 0.5) is 4.39 Å². The van der Waals surface area contributed by atoms with E-state index >= 15 is 0 Å². The molecule has 0 bridgehead atoms. The van der Waals surface area contributed by atoms with Gasteiger partial charge >= 0.3 is 0 Å². The van der Waals surface area contributed by atoms with E-state index in [1.165, 1.54) is 86.8 Å². The van der Waals surface area contributed by atoms with Gasteiger partial charge in [0.15, 0.2) is 6.29 Å². The molecule has 0 spiro atoms. The van der Waals surface area contributed by atoms with Crippen molar-refractivity contribution in [3.63, 3.8) is 0 Å². The van der Waals surface area contributed by atoms with Crippen molar-refractivity contribution in [2.24, 2.45) is 4.99 Å². The number of aliphatic hydroxyl groups is 1. The van der Waals surface area contributed by atoms with Crippen LogP contribution in [0.1, 0.15) is 74.5 Å². The number of aliphatic hydroxyl groups excluding tert-OH is 1. The van der Waals surface area contributed by atoms with E-state index in [1.807, 2.05) is 97.3 Å². The van der Waals surface area contributed by atoms with E-state index in [4.69, 9.17) is 64.0 Å². The Morgan fingerprint density at radius 1 is 0.561 bits per heavy atom. The van der Waals surface area contributed by atoms with Crippen LogP contribution in [-0.2, 0) is 10.1 Å². The molecule has 0 radical (unpaired) electrons.